The van der Waals surface area contributed by atoms with Crippen LogP contribution in [0, 0.1) is 12.7 Å². The summed E-state index contributed by atoms with van der Waals surface area (Å²) in [5.74, 6) is -0.114. The molecule has 0 amide bonds. The summed E-state index contributed by atoms with van der Waals surface area (Å²) in [5, 5.41) is 9.63. The minimum Gasteiger partial charge on any atom is -0.390 e. The molecule has 1 fully saturated rings. The van der Waals surface area contributed by atoms with Crippen molar-refractivity contribution >= 4 is 0 Å². The average molecular weight is 194 g/mol. The monoisotopic (exact) mass is 194 g/mol. The first-order valence-corrected chi connectivity index (χ1v) is 5.07. The van der Waals surface area contributed by atoms with E-state index in [9.17, 15) is 9.50 Å². The number of halogens is 1. The van der Waals surface area contributed by atoms with Crippen LogP contribution in [0.4, 0.5) is 4.39 Å². The van der Waals surface area contributed by atoms with Gasteiger partial charge in [0.15, 0.2) is 0 Å². The van der Waals surface area contributed by atoms with Gasteiger partial charge in [0.05, 0.1) is 5.60 Å². The second kappa shape index (κ2) is 3.35. The molecular weight excluding hydrogens is 179 g/mol. The smallest absolute Gasteiger partial charge is 0.129 e. The van der Waals surface area contributed by atoms with Gasteiger partial charge in [-0.2, -0.15) is 0 Å². The van der Waals surface area contributed by atoms with Gasteiger partial charge in [0.25, 0.3) is 0 Å². The third-order valence-electron chi connectivity index (χ3n) is 2.96. The van der Waals surface area contributed by atoms with Crippen molar-refractivity contribution in [3.63, 3.8) is 0 Å². The van der Waals surface area contributed by atoms with Crippen molar-refractivity contribution in [3.8, 4) is 0 Å². The van der Waals surface area contributed by atoms with Gasteiger partial charge >= 0.3 is 0 Å². The minimum absolute atomic E-state index is 0.114. The van der Waals surface area contributed by atoms with Crippen LogP contribution in [0.15, 0.2) is 18.2 Å². The summed E-state index contributed by atoms with van der Waals surface area (Å²) >= 11 is 0. The lowest BCUT2D eigenvalue weighted by atomic mass is 10.0. The highest BCUT2D eigenvalue weighted by Crippen LogP contribution is 2.39. The van der Waals surface area contributed by atoms with Gasteiger partial charge in [-0.1, -0.05) is 18.2 Å². The quantitative estimate of drug-likeness (QED) is 0.784. The Balaban J connectivity index is 2.05. The fourth-order valence-corrected chi connectivity index (χ4v) is 1.66. The summed E-state index contributed by atoms with van der Waals surface area (Å²) in [7, 11) is 0. The van der Waals surface area contributed by atoms with Crippen LogP contribution in [-0.2, 0) is 6.42 Å². The molecule has 0 aliphatic heterocycles. The second-order valence-corrected chi connectivity index (χ2v) is 4.27. The lowest BCUT2D eigenvalue weighted by molar-refractivity contribution is 0.140. The summed E-state index contributed by atoms with van der Waals surface area (Å²) < 4.78 is 13.5. The largest absolute Gasteiger partial charge is 0.390 e. The molecule has 0 heterocycles. The number of aryl methyl sites for hydroxylation is 2. The molecule has 14 heavy (non-hydrogen) atoms. The molecular formula is C12H15FO. The van der Waals surface area contributed by atoms with Gasteiger partial charge in [0.1, 0.15) is 5.82 Å². The molecule has 0 saturated heterocycles. The maximum Gasteiger partial charge on any atom is 0.129 e. The Bertz CT molecular complexity index is 342. The number of rotatable bonds is 3. The molecule has 0 spiro atoms. The van der Waals surface area contributed by atoms with E-state index in [-0.39, 0.29) is 5.82 Å². The van der Waals surface area contributed by atoms with Gasteiger partial charge in [-0.05, 0) is 43.7 Å². The highest BCUT2D eigenvalue weighted by Gasteiger charge is 2.39. The van der Waals surface area contributed by atoms with E-state index in [0.29, 0.717) is 18.4 Å². The zero-order valence-electron chi connectivity index (χ0n) is 8.39. The molecule has 2 heteroatoms. The highest BCUT2D eigenvalue weighted by molar-refractivity contribution is 5.25. The number of aliphatic hydroxyl groups is 1. The first-order chi connectivity index (χ1) is 6.61. The normalized spacial score (nSPS) is 18.2. The van der Waals surface area contributed by atoms with Crippen molar-refractivity contribution in [2.45, 2.75) is 38.2 Å². The molecule has 0 aromatic heterocycles. The van der Waals surface area contributed by atoms with Crippen LogP contribution >= 0.6 is 0 Å². The zero-order valence-corrected chi connectivity index (χ0v) is 8.39. The van der Waals surface area contributed by atoms with E-state index in [4.69, 9.17) is 0 Å². The van der Waals surface area contributed by atoms with E-state index in [2.05, 4.69) is 0 Å². The molecule has 76 valence electrons. The lowest BCUT2D eigenvalue weighted by Gasteiger charge is -2.08. The van der Waals surface area contributed by atoms with Gasteiger partial charge in [0.2, 0.25) is 0 Å². The van der Waals surface area contributed by atoms with E-state index >= 15 is 0 Å². The van der Waals surface area contributed by atoms with Crippen LogP contribution in [0.25, 0.3) is 0 Å². The van der Waals surface area contributed by atoms with Gasteiger partial charge in [-0.3, -0.25) is 0 Å². The van der Waals surface area contributed by atoms with Crippen molar-refractivity contribution in [2.75, 3.05) is 0 Å². The van der Waals surface area contributed by atoms with E-state index in [1.807, 2.05) is 6.07 Å². The van der Waals surface area contributed by atoms with Crippen molar-refractivity contribution in [1.82, 2.24) is 0 Å². The first-order valence-electron chi connectivity index (χ1n) is 5.07. The average Bonchev–Trinajstić information content (AvgIpc) is 2.88. The van der Waals surface area contributed by atoms with Gasteiger partial charge in [0, 0.05) is 0 Å². The molecule has 0 atom stereocenters. The number of hydrogen-bond acceptors (Lipinski definition) is 1. The Kier molecular flexibility index (Phi) is 2.31. The van der Waals surface area contributed by atoms with E-state index < -0.39 is 5.60 Å². The van der Waals surface area contributed by atoms with Crippen molar-refractivity contribution < 1.29 is 9.50 Å². The number of benzene rings is 1. The van der Waals surface area contributed by atoms with Crippen molar-refractivity contribution in [2.24, 2.45) is 0 Å². The van der Waals surface area contributed by atoms with Gasteiger partial charge < -0.3 is 5.11 Å². The summed E-state index contributed by atoms with van der Waals surface area (Å²) in [5.41, 5.74) is 0.937. The summed E-state index contributed by atoms with van der Waals surface area (Å²) in [6, 6.07) is 5.43. The molecule has 2 rings (SSSR count). The van der Waals surface area contributed by atoms with Crippen LogP contribution in [-0.4, -0.2) is 10.7 Å². The molecule has 1 nitrogen and oxygen atoms in total. The van der Waals surface area contributed by atoms with Crippen LogP contribution in [0.2, 0.25) is 0 Å². The summed E-state index contributed by atoms with van der Waals surface area (Å²) in [6.07, 6.45) is 3.08. The highest BCUT2D eigenvalue weighted by atomic mass is 19.1. The van der Waals surface area contributed by atoms with E-state index in [0.717, 1.165) is 18.4 Å². The maximum absolute atomic E-state index is 13.5. The predicted molar refractivity (Wildman–Crippen MR) is 53.6 cm³/mol. The second-order valence-electron chi connectivity index (χ2n) is 4.27. The summed E-state index contributed by atoms with van der Waals surface area (Å²) in [4.78, 5) is 0. The predicted octanol–water partition coefficient (Wildman–Crippen LogP) is 2.59. The van der Waals surface area contributed by atoms with Crippen molar-refractivity contribution in [1.29, 1.82) is 0 Å². The summed E-state index contributed by atoms with van der Waals surface area (Å²) in [6.45, 7) is 1.77. The Morgan fingerprint density at radius 2 is 2.14 bits per heavy atom. The Hall–Kier alpha value is -0.890. The third-order valence-corrected chi connectivity index (χ3v) is 2.96. The molecule has 0 radical (unpaired) electrons. The SMILES string of the molecule is Cc1cccc(CCC2(O)CC2)c1F. The Morgan fingerprint density at radius 3 is 2.79 bits per heavy atom. The molecule has 1 aromatic carbocycles. The van der Waals surface area contributed by atoms with Crippen LogP contribution in [0.5, 0.6) is 0 Å². The standard InChI is InChI=1S/C12H15FO/c1-9-3-2-4-10(11(9)13)5-6-12(14)7-8-12/h2-4,14H,5-8H2,1H3. The topological polar surface area (TPSA) is 20.2 Å². The Labute approximate surface area is 83.6 Å². The van der Waals surface area contributed by atoms with Crippen LogP contribution in [0.3, 0.4) is 0 Å². The first kappa shape index (κ1) is 9.66. The van der Waals surface area contributed by atoms with E-state index in [1.165, 1.54) is 0 Å². The molecule has 1 aliphatic carbocycles. The maximum atomic E-state index is 13.5. The molecule has 1 aliphatic rings. The zero-order chi connectivity index (χ0) is 10.2. The molecule has 1 aromatic rings. The fraction of sp³-hybridized carbons (Fsp3) is 0.500. The van der Waals surface area contributed by atoms with E-state index in [1.54, 1.807) is 19.1 Å². The fourth-order valence-electron chi connectivity index (χ4n) is 1.66. The van der Waals surface area contributed by atoms with Crippen LogP contribution in [0.1, 0.15) is 30.4 Å². The van der Waals surface area contributed by atoms with Gasteiger partial charge in [-0.25, -0.2) is 4.39 Å². The molecule has 0 bridgehead atoms. The molecule has 1 N–H and O–H groups in total. The third kappa shape index (κ3) is 1.95. The minimum atomic E-state index is -0.476. The molecule has 0 unspecified atom stereocenters. The van der Waals surface area contributed by atoms with Crippen LogP contribution < -0.4 is 0 Å². The Morgan fingerprint density at radius 1 is 1.43 bits per heavy atom. The molecule has 1 saturated carbocycles. The lowest BCUT2D eigenvalue weighted by Crippen LogP contribution is -2.08. The van der Waals surface area contributed by atoms with Crippen molar-refractivity contribution in [3.05, 3.63) is 35.1 Å². The number of hydrogen-bond donors (Lipinski definition) is 1. The van der Waals surface area contributed by atoms with Gasteiger partial charge in [-0.15, -0.1) is 0 Å².